The van der Waals surface area contributed by atoms with E-state index < -0.39 is 0 Å². The van der Waals surface area contributed by atoms with E-state index in [2.05, 4.69) is 15.1 Å². The number of pyridine rings is 1. The molecule has 1 aliphatic rings. The molecule has 0 atom stereocenters. The van der Waals surface area contributed by atoms with Gasteiger partial charge in [0.2, 0.25) is 0 Å². The number of nitrogen functional groups attached to an aromatic ring is 1. The molecule has 0 amide bonds. The Balaban J connectivity index is 1.74. The van der Waals surface area contributed by atoms with Gasteiger partial charge >= 0.3 is 0 Å². The summed E-state index contributed by atoms with van der Waals surface area (Å²) in [5.41, 5.74) is 9.98. The van der Waals surface area contributed by atoms with Gasteiger partial charge in [-0.25, -0.2) is 9.97 Å². The van der Waals surface area contributed by atoms with Gasteiger partial charge in [0.05, 0.1) is 16.2 Å². The molecule has 0 unspecified atom stereocenters. The average molecular weight is 409 g/mol. The second-order valence-corrected chi connectivity index (χ2v) is 8.53. The Morgan fingerprint density at radius 3 is 2.79 bits per heavy atom. The van der Waals surface area contributed by atoms with Crippen LogP contribution in [0.4, 0.5) is 5.82 Å². The lowest BCUT2D eigenvalue weighted by Gasteiger charge is -2.12. The van der Waals surface area contributed by atoms with Gasteiger partial charge in [-0.2, -0.15) is 5.10 Å². The molecule has 0 saturated heterocycles. The lowest BCUT2D eigenvalue weighted by Crippen LogP contribution is -2.03. The second-order valence-electron chi connectivity index (χ2n) is 6.84. The molecule has 140 valence electrons. The third-order valence-corrected chi connectivity index (χ3v) is 6.20. The van der Waals surface area contributed by atoms with E-state index in [-0.39, 0.29) is 0 Å². The topological polar surface area (TPSA) is 82.5 Å². The van der Waals surface area contributed by atoms with E-state index in [0.717, 1.165) is 32.9 Å². The zero-order valence-electron chi connectivity index (χ0n) is 15.1. The van der Waals surface area contributed by atoms with E-state index in [1.807, 2.05) is 43.6 Å². The van der Waals surface area contributed by atoms with E-state index >= 15 is 0 Å². The Bertz CT molecular complexity index is 1200. The predicted octanol–water partition coefficient (Wildman–Crippen LogP) is 4.58. The molecule has 1 aromatic carbocycles. The van der Waals surface area contributed by atoms with Gasteiger partial charge < -0.3 is 5.73 Å². The van der Waals surface area contributed by atoms with Crippen molar-refractivity contribution in [2.75, 3.05) is 5.73 Å². The summed E-state index contributed by atoms with van der Waals surface area (Å²) in [6, 6.07) is 9.71. The summed E-state index contributed by atoms with van der Waals surface area (Å²) in [7, 11) is 1.87. The summed E-state index contributed by atoms with van der Waals surface area (Å²) in [5.74, 6) is 0.440. The first-order valence-corrected chi connectivity index (χ1v) is 10.2. The van der Waals surface area contributed by atoms with Crippen LogP contribution in [0.15, 0.2) is 47.8 Å². The number of anilines is 1. The SMILES string of the molecule is Cn1ccc(-c2nc(N)c(SC3CC3)nc2-c2cc(Cl)c3ncccc3c2)n1. The van der Waals surface area contributed by atoms with E-state index in [1.165, 1.54) is 12.8 Å². The molecule has 1 saturated carbocycles. The molecule has 3 heterocycles. The number of halogens is 1. The molecule has 0 bridgehead atoms. The lowest BCUT2D eigenvalue weighted by atomic mass is 10.0. The van der Waals surface area contributed by atoms with Crippen LogP contribution in [0.3, 0.4) is 0 Å². The molecule has 3 aromatic heterocycles. The van der Waals surface area contributed by atoms with Crippen molar-refractivity contribution < 1.29 is 0 Å². The minimum Gasteiger partial charge on any atom is -0.381 e. The van der Waals surface area contributed by atoms with E-state index in [0.29, 0.717) is 21.8 Å². The Hall–Kier alpha value is -2.64. The monoisotopic (exact) mass is 408 g/mol. The van der Waals surface area contributed by atoms with Crippen molar-refractivity contribution in [3.8, 4) is 22.6 Å². The summed E-state index contributed by atoms with van der Waals surface area (Å²) < 4.78 is 1.74. The number of nitrogens with two attached hydrogens (primary N) is 1. The smallest absolute Gasteiger partial charge is 0.156 e. The quantitative estimate of drug-likeness (QED) is 0.532. The van der Waals surface area contributed by atoms with Crippen molar-refractivity contribution >= 4 is 40.1 Å². The fourth-order valence-corrected chi connectivity index (χ4v) is 4.34. The molecular weight excluding hydrogens is 392 g/mol. The first kappa shape index (κ1) is 17.5. The fourth-order valence-electron chi connectivity index (χ4n) is 3.07. The maximum absolute atomic E-state index is 6.52. The standard InChI is InChI=1S/C20H17ClN6S/c1-27-8-6-15(26-27)18-17(25-20(19(22)24-18)28-13-4-5-13)12-9-11-3-2-7-23-16(11)14(21)10-12/h2-3,6-10,13H,4-5H2,1H3,(H2,22,24). The van der Waals surface area contributed by atoms with Crippen LogP contribution in [-0.4, -0.2) is 30.0 Å². The Labute approximate surface area is 171 Å². The largest absolute Gasteiger partial charge is 0.381 e. The van der Waals surface area contributed by atoms with Crippen LogP contribution >= 0.6 is 23.4 Å². The van der Waals surface area contributed by atoms with Crippen LogP contribution in [0.2, 0.25) is 5.02 Å². The van der Waals surface area contributed by atoms with Crippen LogP contribution < -0.4 is 5.73 Å². The number of rotatable bonds is 4. The molecule has 1 aliphatic carbocycles. The maximum Gasteiger partial charge on any atom is 0.156 e. The zero-order chi connectivity index (χ0) is 19.3. The number of nitrogens with zero attached hydrogens (tertiary/aromatic N) is 5. The van der Waals surface area contributed by atoms with Crippen molar-refractivity contribution in [3.63, 3.8) is 0 Å². The van der Waals surface area contributed by atoms with Crippen LogP contribution in [-0.2, 0) is 7.05 Å². The van der Waals surface area contributed by atoms with Crippen LogP contribution in [0.1, 0.15) is 12.8 Å². The maximum atomic E-state index is 6.52. The summed E-state index contributed by atoms with van der Waals surface area (Å²) >= 11 is 8.21. The van der Waals surface area contributed by atoms with E-state index in [9.17, 15) is 0 Å². The molecule has 2 N–H and O–H groups in total. The highest BCUT2D eigenvalue weighted by atomic mass is 35.5. The summed E-state index contributed by atoms with van der Waals surface area (Å²) in [6.07, 6.45) is 5.99. The van der Waals surface area contributed by atoms with Gasteiger partial charge in [-0.3, -0.25) is 9.67 Å². The van der Waals surface area contributed by atoms with Gasteiger partial charge in [0, 0.05) is 35.6 Å². The van der Waals surface area contributed by atoms with E-state index in [1.54, 1.807) is 22.6 Å². The number of aromatic nitrogens is 5. The third-order valence-electron chi connectivity index (χ3n) is 4.58. The Morgan fingerprint density at radius 2 is 2.04 bits per heavy atom. The number of hydrogen-bond acceptors (Lipinski definition) is 6. The molecule has 6 nitrogen and oxygen atoms in total. The van der Waals surface area contributed by atoms with Crippen LogP contribution in [0.25, 0.3) is 33.5 Å². The van der Waals surface area contributed by atoms with Gasteiger partial charge in [0.1, 0.15) is 16.4 Å². The highest BCUT2D eigenvalue weighted by molar-refractivity contribution is 8.00. The summed E-state index contributed by atoms with van der Waals surface area (Å²) in [6.45, 7) is 0. The third kappa shape index (κ3) is 3.21. The summed E-state index contributed by atoms with van der Waals surface area (Å²) in [4.78, 5) is 14.0. The van der Waals surface area contributed by atoms with Crippen molar-refractivity contribution in [3.05, 3.63) is 47.7 Å². The number of thioether (sulfide) groups is 1. The number of aryl methyl sites for hydroxylation is 1. The average Bonchev–Trinajstić information content (AvgIpc) is 3.40. The predicted molar refractivity (Wildman–Crippen MR) is 113 cm³/mol. The number of hydrogen-bond donors (Lipinski definition) is 1. The number of benzene rings is 1. The van der Waals surface area contributed by atoms with Gasteiger partial charge in [-0.15, -0.1) is 0 Å². The minimum atomic E-state index is 0.440. The molecule has 8 heteroatoms. The minimum absolute atomic E-state index is 0.440. The van der Waals surface area contributed by atoms with Gasteiger partial charge in [-0.05, 0) is 37.1 Å². The molecular formula is C20H17ClN6S. The lowest BCUT2D eigenvalue weighted by molar-refractivity contribution is 0.769. The summed E-state index contributed by atoms with van der Waals surface area (Å²) in [5, 5.41) is 7.37. The molecule has 1 fully saturated rings. The van der Waals surface area contributed by atoms with Crippen molar-refractivity contribution in [1.82, 2.24) is 24.7 Å². The fraction of sp³-hybridized carbons (Fsp3) is 0.200. The van der Waals surface area contributed by atoms with Crippen LogP contribution in [0, 0.1) is 0 Å². The highest BCUT2D eigenvalue weighted by Gasteiger charge is 2.26. The second kappa shape index (κ2) is 6.76. The Kier molecular flexibility index (Phi) is 4.21. The van der Waals surface area contributed by atoms with E-state index in [4.69, 9.17) is 22.3 Å². The zero-order valence-corrected chi connectivity index (χ0v) is 16.7. The molecule has 0 aliphatic heterocycles. The molecule has 4 aromatic rings. The van der Waals surface area contributed by atoms with Crippen molar-refractivity contribution in [1.29, 1.82) is 0 Å². The molecule has 0 radical (unpaired) electrons. The molecule has 5 rings (SSSR count). The highest BCUT2D eigenvalue weighted by Crippen LogP contribution is 2.42. The van der Waals surface area contributed by atoms with Gasteiger partial charge in [-0.1, -0.05) is 29.4 Å². The first-order chi connectivity index (χ1) is 13.6. The molecule has 0 spiro atoms. The van der Waals surface area contributed by atoms with Crippen molar-refractivity contribution in [2.24, 2.45) is 7.05 Å². The van der Waals surface area contributed by atoms with Gasteiger partial charge in [0.15, 0.2) is 5.82 Å². The van der Waals surface area contributed by atoms with Crippen molar-refractivity contribution in [2.45, 2.75) is 23.1 Å². The Morgan fingerprint density at radius 1 is 1.18 bits per heavy atom. The normalized spacial score (nSPS) is 13.9. The van der Waals surface area contributed by atoms with Crippen LogP contribution in [0.5, 0.6) is 0 Å². The van der Waals surface area contributed by atoms with Gasteiger partial charge in [0.25, 0.3) is 0 Å². The molecule has 28 heavy (non-hydrogen) atoms. The number of fused-ring (bicyclic) bond motifs is 1. The first-order valence-electron chi connectivity index (χ1n) is 8.97.